The third-order valence-corrected chi connectivity index (χ3v) is 4.00. The second kappa shape index (κ2) is 4.21. The predicted molar refractivity (Wildman–Crippen MR) is 78.3 cm³/mol. The van der Waals surface area contributed by atoms with E-state index in [0.29, 0.717) is 10.7 Å². The molecule has 0 atom stereocenters. The smallest absolute Gasteiger partial charge is 0.276 e. The van der Waals surface area contributed by atoms with Crippen LogP contribution in [-0.2, 0) is 12.8 Å². The van der Waals surface area contributed by atoms with Crippen LogP contribution >= 0.6 is 11.6 Å². The minimum atomic E-state index is 0.0239. The van der Waals surface area contributed by atoms with Gasteiger partial charge in [0.1, 0.15) is 0 Å². The van der Waals surface area contributed by atoms with Crippen molar-refractivity contribution in [2.75, 3.05) is 0 Å². The number of aryl methyl sites for hydroxylation is 1. The molecule has 0 aliphatic heterocycles. The van der Waals surface area contributed by atoms with E-state index in [1.54, 1.807) is 0 Å². The Morgan fingerprint density at radius 1 is 1.25 bits per heavy atom. The Morgan fingerprint density at radius 2 is 2.15 bits per heavy atom. The Kier molecular flexibility index (Phi) is 2.47. The first-order valence-electron chi connectivity index (χ1n) is 6.62. The Hall–Kier alpha value is -2.07. The lowest BCUT2D eigenvalue weighted by molar-refractivity contribution is 0.873. The number of H-pyrrole nitrogens is 1. The molecule has 0 saturated carbocycles. The van der Waals surface area contributed by atoms with Gasteiger partial charge in [-0.25, -0.2) is 9.50 Å². The monoisotopic (exact) mass is 285 g/mol. The van der Waals surface area contributed by atoms with Crippen LogP contribution in [0.5, 0.6) is 0 Å². The second-order valence-corrected chi connectivity index (χ2v) is 5.51. The highest BCUT2D eigenvalue weighted by molar-refractivity contribution is 6.30. The highest BCUT2D eigenvalue weighted by Gasteiger charge is 2.19. The summed E-state index contributed by atoms with van der Waals surface area (Å²) in [6.07, 6.45) is 2.75. The lowest BCUT2D eigenvalue weighted by Gasteiger charge is -1.99. The summed E-state index contributed by atoms with van der Waals surface area (Å²) in [6.45, 7) is 0. The molecule has 1 N–H and O–H groups in total. The van der Waals surface area contributed by atoms with Gasteiger partial charge in [-0.05, 0) is 31.4 Å². The van der Waals surface area contributed by atoms with Crippen molar-refractivity contribution < 1.29 is 0 Å². The van der Waals surface area contributed by atoms with E-state index in [1.165, 1.54) is 4.52 Å². The van der Waals surface area contributed by atoms with Crippen molar-refractivity contribution in [2.24, 2.45) is 0 Å². The van der Waals surface area contributed by atoms with E-state index in [0.717, 1.165) is 41.8 Å². The number of fused-ring (bicyclic) bond motifs is 2. The maximum atomic E-state index is 12.4. The van der Waals surface area contributed by atoms with E-state index < -0.39 is 0 Å². The van der Waals surface area contributed by atoms with Crippen molar-refractivity contribution in [3.63, 3.8) is 0 Å². The van der Waals surface area contributed by atoms with E-state index in [-0.39, 0.29) is 5.56 Å². The highest BCUT2D eigenvalue weighted by Crippen LogP contribution is 2.23. The first-order valence-corrected chi connectivity index (χ1v) is 6.99. The molecule has 1 aliphatic carbocycles. The number of nitrogens with one attached hydrogen (secondary N) is 1. The number of rotatable bonds is 1. The first-order chi connectivity index (χ1) is 9.72. The standard InChI is InChI=1S/C15H12ClN3O/c16-10-4-1-3-9(7-10)13-8-14-17-12-6-2-5-11(12)15(20)19(14)18-13/h1,3-4,7-8,18H,2,5-6H2. The van der Waals surface area contributed by atoms with E-state index >= 15 is 0 Å². The van der Waals surface area contributed by atoms with Gasteiger partial charge in [-0.15, -0.1) is 0 Å². The molecule has 0 bridgehead atoms. The molecule has 5 heteroatoms. The molecule has 0 saturated heterocycles. The Labute approximate surface area is 120 Å². The molecule has 0 amide bonds. The maximum Gasteiger partial charge on any atom is 0.276 e. The van der Waals surface area contributed by atoms with Gasteiger partial charge in [-0.1, -0.05) is 23.7 Å². The van der Waals surface area contributed by atoms with Gasteiger partial charge in [0.05, 0.1) is 11.4 Å². The van der Waals surface area contributed by atoms with Gasteiger partial charge >= 0.3 is 0 Å². The normalized spacial score (nSPS) is 13.8. The van der Waals surface area contributed by atoms with Crippen molar-refractivity contribution in [2.45, 2.75) is 19.3 Å². The van der Waals surface area contributed by atoms with Crippen molar-refractivity contribution in [3.05, 3.63) is 57.0 Å². The molecule has 0 spiro atoms. The summed E-state index contributed by atoms with van der Waals surface area (Å²) < 4.78 is 1.53. The molecular formula is C15H12ClN3O. The van der Waals surface area contributed by atoms with Gasteiger partial charge < -0.3 is 0 Å². The Balaban J connectivity index is 1.96. The topological polar surface area (TPSA) is 50.2 Å². The predicted octanol–water partition coefficient (Wildman–Crippen LogP) is 2.83. The summed E-state index contributed by atoms with van der Waals surface area (Å²) in [6, 6.07) is 9.43. The van der Waals surface area contributed by atoms with Gasteiger partial charge in [-0.3, -0.25) is 9.89 Å². The molecule has 100 valence electrons. The third-order valence-electron chi connectivity index (χ3n) is 3.77. The summed E-state index contributed by atoms with van der Waals surface area (Å²) >= 11 is 6.01. The van der Waals surface area contributed by atoms with Crippen LogP contribution in [0.25, 0.3) is 16.9 Å². The minimum absolute atomic E-state index is 0.0239. The van der Waals surface area contributed by atoms with E-state index in [2.05, 4.69) is 10.1 Å². The van der Waals surface area contributed by atoms with Crippen molar-refractivity contribution in [1.82, 2.24) is 14.6 Å². The fourth-order valence-corrected chi connectivity index (χ4v) is 2.99. The van der Waals surface area contributed by atoms with Crippen LogP contribution in [0.1, 0.15) is 17.7 Å². The van der Waals surface area contributed by atoms with Crippen LogP contribution in [0.2, 0.25) is 5.02 Å². The summed E-state index contributed by atoms with van der Waals surface area (Å²) in [5.41, 5.74) is 4.29. The number of nitrogens with zero attached hydrogens (tertiary/aromatic N) is 2. The van der Waals surface area contributed by atoms with Crippen molar-refractivity contribution >= 4 is 17.2 Å². The molecule has 2 aromatic heterocycles. The van der Waals surface area contributed by atoms with Gasteiger partial charge in [-0.2, -0.15) is 0 Å². The van der Waals surface area contributed by atoms with Crippen molar-refractivity contribution in [1.29, 1.82) is 0 Å². The molecule has 0 unspecified atom stereocenters. The zero-order valence-electron chi connectivity index (χ0n) is 10.7. The average molecular weight is 286 g/mol. The lowest BCUT2D eigenvalue weighted by atomic mass is 10.1. The van der Waals surface area contributed by atoms with Crippen LogP contribution in [0.15, 0.2) is 35.1 Å². The Morgan fingerprint density at radius 3 is 3.00 bits per heavy atom. The van der Waals surface area contributed by atoms with Crippen LogP contribution < -0.4 is 5.56 Å². The molecule has 3 aromatic rings. The largest absolute Gasteiger partial charge is 0.289 e. The van der Waals surface area contributed by atoms with Gasteiger partial charge in [0.25, 0.3) is 5.56 Å². The zero-order valence-corrected chi connectivity index (χ0v) is 11.4. The second-order valence-electron chi connectivity index (χ2n) is 5.07. The SMILES string of the molecule is O=c1c2c(nc3cc(-c4cccc(Cl)c4)[nH]n13)CCC2. The van der Waals surface area contributed by atoms with Crippen LogP contribution in [0.3, 0.4) is 0 Å². The summed E-state index contributed by atoms with van der Waals surface area (Å²) in [4.78, 5) is 17.0. The molecule has 1 aliphatic rings. The highest BCUT2D eigenvalue weighted by atomic mass is 35.5. The number of halogens is 1. The summed E-state index contributed by atoms with van der Waals surface area (Å²) in [5.74, 6) is 0. The zero-order chi connectivity index (χ0) is 13.7. The lowest BCUT2D eigenvalue weighted by Crippen LogP contribution is -2.19. The number of benzene rings is 1. The molecule has 1 aromatic carbocycles. The third kappa shape index (κ3) is 1.68. The van der Waals surface area contributed by atoms with Crippen molar-refractivity contribution in [3.8, 4) is 11.3 Å². The quantitative estimate of drug-likeness (QED) is 0.747. The number of aromatic nitrogens is 3. The fraction of sp³-hybridized carbons (Fsp3) is 0.200. The Bertz CT molecular complexity index is 878. The van der Waals surface area contributed by atoms with E-state index in [1.807, 2.05) is 30.3 Å². The van der Waals surface area contributed by atoms with Crippen LogP contribution in [0, 0.1) is 0 Å². The van der Waals surface area contributed by atoms with Crippen LogP contribution in [-0.4, -0.2) is 14.6 Å². The van der Waals surface area contributed by atoms with E-state index in [4.69, 9.17) is 11.6 Å². The summed E-state index contributed by atoms with van der Waals surface area (Å²) in [7, 11) is 0. The summed E-state index contributed by atoms with van der Waals surface area (Å²) in [5, 5.41) is 3.79. The number of hydrogen-bond donors (Lipinski definition) is 1. The first kappa shape index (κ1) is 11.7. The number of aromatic amines is 1. The molecule has 20 heavy (non-hydrogen) atoms. The van der Waals surface area contributed by atoms with Gasteiger partial charge in [0, 0.05) is 22.2 Å². The van der Waals surface area contributed by atoms with Gasteiger partial charge in [0.2, 0.25) is 0 Å². The fourth-order valence-electron chi connectivity index (χ4n) is 2.80. The number of hydrogen-bond acceptors (Lipinski definition) is 2. The van der Waals surface area contributed by atoms with Crippen LogP contribution in [0.4, 0.5) is 0 Å². The molecule has 4 nitrogen and oxygen atoms in total. The maximum absolute atomic E-state index is 12.4. The molecular weight excluding hydrogens is 274 g/mol. The van der Waals surface area contributed by atoms with Gasteiger partial charge in [0.15, 0.2) is 5.65 Å². The molecule has 2 heterocycles. The average Bonchev–Trinajstić information content (AvgIpc) is 3.05. The molecule has 0 fully saturated rings. The van der Waals surface area contributed by atoms with E-state index in [9.17, 15) is 4.79 Å². The molecule has 0 radical (unpaired) electrons. The minimum Gasteiger partial charge on any atom is -0.289 e. The molecule has 4 rings (SSSR count).